The Hall–Kier alpha value is -1.56. The third-order valence-corrected chi connectivity index (χ3v) is 4.39. The molecule has 0 aromatic heterocycles. The van der Waals surface area contributed by atoms with Gasteiger partial charge in [0.2, 0.25) is 0 Å². The normalized spacial score (nSPS) is 16.9. The first kappa shape index (κ1) is 12.9. The first-order chi connectivity index (χ1) is 8.70. The maximum Gasteiger partial charge on any atom is 0.268 e. The molecule has 0 aliphatic carbocycles. The molecule has 0 bridgehead atoms. The number of hydrogen-bond donors (Lipinski definition) is 3. The van der Waals surface area contributed by atoms with E-state index < -0.39 is 6.23 Å². The van der Waals surface area contributed by atoms with Crippen LogP contribution in [0, 0.1) is 0 Å². The largest absolute Gasteiger partial charge is 0.357 e. The van der Waals surface area contributed by atoms with Gasteiger partial charge in [0.25, 0.3) is 5.91 Å². The van der Waals surface area contributed by atoms with Crippen molar-refractivity contribution in [2.24, 2.45) is 5.73 Å². The van der Waals surface area contributed by atoms with E-state index in [4.69, 9.17) is 10.5 Å². The minimum atomic E-state index is -0.939. The molecule has 0 fully saturated rings. The summed E-state index contributed by atoms with van der Waals surface area (Å²) in [6.45, 7) is 0. The molecule has 2 rings (SSSR count). The Balaban J connectivity index is 2.10. The molecule has 0 radical (unpaired) electrons. The van der Waals surface area contributed by atoms with Crippen molar-refractivity contribution >= 4 is 22.5 Å². The van der Waals surface area contributed by atoms with Crippen LogP contribution in [0.4, 0.5) is 5.69 Å². The highest BCUT2D eigenvalue weighted by Gasteiger charge is 2.12. The average molecular weight is 264 g/mol. The van der Waals surface area contributed by atoms with Crippen LogP contribution in [0.25, 0.3) is 0 Å². The number of methoxy groups -OCH3 is 1. The third kappa shape index (κ3) is 3.01. The lowest BCUT2D eigenvalue weighted by Crippen LogP contribution is -2.37. The van der Waals surface area contributed by atoms with E-state index in [0.29, 0.717) is 0 Å². The highest BCUT2D eigenvalue weighted by molar-refractivity contribution is 8.22. The smallest absolute Gasteiger partial charge is 0.268 e. The maximum absolute atomic E-state index is 11.6. The number of thiol groups is 1. The van der Waals surface area contributed by atoms with Gasteiger partial charge in [0.1, 0.15) is 0 Å². The number of amides is 1. The number of nitrogens with one attached hydrogen (secondary N) is 1. The van der Waals surface area contributed by atoms with Crippen LogP contribution >= 0.6 is 10.9 Å². The molecule has 1 aliphatic rings. The number of nitrogens with two attached hydrogens (primary N) is 1. The summed E-state index contributed by atoms with van der Waals surface area (Å²) in [5.74, 6) is -0.347. The molecule has 1 aliphatic heterocycles. The number of anilines is 1. The summed E-state index contributed by atoms with van der Waals surface area (Å²) in [7, 11) is 1.03. The van der Waals surface area contributed by atoms with Gasteiger partial charge < -0.3 is 10.1 Å². The maximum atomic E-state index is 11.6. The van der Waals surface area contributed by atoms with E-state index in [0.717, 1.165) is 5.69 Å². The van der Waals surface area contributed by atoms with E-state index >= 15 is 0 Å². The molecule has 1 unspecified atom stereocenters. The van der Waals surface area contributed by atoms with E-state index in [9.17, 15) is 4.79 Å². The number of carbonyl (C=O) groups is 1. The van der Waals surface area contributed by atoms with Crippen LogP contribution in [0.2, 0.25) is 0 Å². The minimum Gasteiger partial charge on any atom is -0.357 e. The molecule has 18 heavy (non-hydrogen) atoms. The summed E-state index contributed by atoms with van der Waals surface area (Å²) in [4.78, 5) is 12.8. The van der Waals surface area contributed by atoms with E-state index in [2.05, 4.69) is 22.2 Å². The van der Waals surface area contributed by atoms with Crippen LogP contribution in [-0.4, -0.2) is 19.2 Å². The van der Waals surface area contributed by atoms with Crippen LogP contribution in [0.5, 0.6) is 0 Å². The fourth-order valence-corrected chi connectivity index (χ4v) is 3.13. The summed E-state index contributed by atoms with van der Waals surface area (Å²) >= 11 is 0. The minimum absolute atomic E-state index is 0.347. The molecule has 0 saturated carbocycles. The quantitative estimate of drug-likeness (QED) is 0.575. The van der Waals surface area contributed by atoms with Crippen molar-refractivity contribution in [2.45, 2.75) is 11.1 Å². The molecular formula is C13H16N2O2S. The Kier molecular flexibility index (Phi) is 4.19. The second kappa shape index (κ2) is 5.86. The second-order valence-electron chi connectivity index (χ2n) is 3.79. The third-order valence-electron chi connectivity index (χ3n) is 2.53. The van der Waals surface area contributed by atoms with E-state index in [1.807, 2.05) is 30.4 Å². The van der Waals surface area contributed by atoms with Gasteiger partial charge in [0.15, 0.2) is 6.23 Å². The van der Waals surface area contributed by atoms with Crippen LogP contribution in [0.1, 0.15) is 0 Å². The van der Waals surface area contributed by atoms with Gasteiger partial charge >= 0.3 is 0 Å². The van der Waals surface area contributed by atoms with Gasteiger partial charge in [-0.2, -0.15) is 10.9 Å². The standard InChI is InChI=1S/C13H16N2O2S/c1-17-12(14)13(16)15-10-5-4-6-11(9-10)18-7-2-3-8-18/h2-9,12,18H,14H2,1H3,(H,15,16). The molecule has 1 amide bonds. The fourth-order valence-electron chi connectivity index (χ4n) is 1.57. The van der Waals surface area contributed by atoms with Crippen LogP contribution in [0.15, 0.2) is 52.1 Å². The van der Waals surface area contributed by atoms with Crippen molar-refractivity contribution in [3.8, 4) is 0 Å². The zero-order chi connectivity index (χ0) is 13.0. The number of hydrogen-bond acceptors (Lipinski definition) is 3. The number of ether oxygens (including phenoxy) is 1. The van der Waals surface area contributed by atoms with E-state index in [1.54, 1.807) is 0 Å². The van der Waals surface area contributed by atoms with Gasteiger partial charge in [-0.1, -0.05) is 18.2 Å². The van der Waals surface area contributed by atoms with Crippen molar-refractivity contribution in [3.63, 3.8) is 0 Å². The molecule has 1 atom stereocenters. The van der Waals surface area contributed by atoms with Gasteiger partial charge in [-0.05, 0) is 33.9 Å². The van der Waals surface area contributed by atoms with Gasteiger partial charge in [0.05, 0.1) is 0 Å². The molecule has 1 aromatic rings. The van der Waals surface area contributed by atoms with Gasteiger partial charge in [-0.3, -0.25) is 10.5 Å². The molecule has 1 aromatic carbocycles. The fraction of sp³-hybridized carbons (Fsp3) is 0.154. The molecule has 4 nitrogen and oxygen atoms in total. The molecule has 3 N–H and O–H groups in total. The van der Waals surface area contributed by atoms with Crippen molar-refractivity contribution in [2.75, 3.05) is 12.4 Å². The van der Waals surface area contributed by atoms with Gasteiger partial charge in [-0.25, -0.2) is 0 Å². The number of carbonyl (C=O) groups excluding carboxylic acids is 1. The monoisotopic (exact) mass is 264 g/mol. The Morgan fingerprint density at radius 2 is 2.11 bits per heavy atom. The zero-order valence-corrected chi connectivity index (χ0v) is 10.9. The van der Waals surface area contributed by atoms with Crippen molar-refractivity contribution in [3.05, 3.63) is 47.2 Å². The first-order valence-electron chi connectivity index (χ1n) is 5.53. The molecular weight excluding hydrogens is 248 g/mol. The molecule has 1 heterocycles. The SMILES string of the molecule is COC(N)C(=O)Nc1cccc([SH]2C=CC=C2)c1. The summed E-state index contributed by atoms with van der Waals surface area (Å²) in [5.41, 5.74) is 6.21. The summed E-state index contributed by atoms with van der Waals surface area (Å²) < 4.78 is 4.76. The van der Waals surface area contributed by atoms with Crippen molar-refractivity contribution in [1.82, 2.24) is 0 Å². The predicted molar refractivity (Wildman–Crippen MR) is 75.6 cm³/mol. The first-order valence-corrected chi connectivity index (χ1v) is 7.01. The number of allylic oxidation sites excluding steroid dienone is 2. The number of benzene rings is 1. The van der Waals surface area contributed by atoms with Crippen LogP contribution in [-0.2, 0) is 9.53 Å². The number of rotatable bonds is 4. The zero-order valence-electron chi connectivity index (χ0n) is 10.0. The molecule has 0 saturated heterocycles. The highest BCUT2D eigenvalue weighted by atomic mass is 32.2. The topological polar surface area (TPSA) is 64.3 Å². The lowest BCUT2D eigenvalue weighted by Gasteiger charge is -2.14. The molecule has 96 valence electrons. The van der Waals surface area contributed by atoms with Crippen molar-refractivity contribution in [1.29, 1.82) is 0 Å². The van der Waals surface area contributed by atoms with Gasteiger partial charge in [-0.15, -0.1) is 0 Å². The Labute approximate surface area is 109 Å². The summed E-state index contributed by atoms with van der Waals surface area (Å²) in [5, 5.41) is 7.06. The van der Waals surface area contributed by atoms with Crippen molar-refractivity contribution < 1.29 is 9.53 Å². The summed E-state index contributed by atoms with van der Waals surface area (Å²) in [6, 6.07) is 7.78. The lowest BCUT2D eigenvalue weighted by molar-refractivity contribution is -0.125. The second-order valence-corrected chi connectivity index (χ2v) is 5.71. The van der Waals surface area contributed by atoms with Crippen LogP contribution in [0.3, 0.4) is 0 Å². The predicted octanol–water partition coefficient (Wildman–Crippen LogP) is 1.96. The highest BCUT2D eigenvalue weighted by Crippen LogP contribution is 2.42. The van der Waals surface area contributed by atoms with E-state index in [1.165, 1.54) is 12.0 Å². The molecule has 5 heteroatoms. The molecule has 0 spiro atoms. The Morgan fingerprint density at radius 1 is 1.39 bits per heavy atom. The van der Waals surface area contributed by atoms with E-state index in [-0.39, 0.29) is 16.8 Å². The lowest BCUT2D eigenvalue weighted by atomic mass is 10.3. The summed E-state index contributed by atoms with van der Waals surface area (Å²) in [6.07, 6.45) is 3.14. The van der Waals surface area contributed by atoms with Crippen LogP contribution < -0.4 is 11.1 Å². The van der Waals surface area contributed by atoms with Gasteiger partial charge in [0, 0.05) is 12.8 Å². The Morgan fingerprint density at radius 3 is 2.78 bits per heavy atom. The average Bonchev–Trinajstić information content (AvgIpc) is 2.92. The Bertz CT molecular complexity index is 488.